The van der Waals surface area contributed by atoms with E-state index >= 15 is 0 Å². The third kappa shape index (κ3) is 3.24. The average molecular weight is 385 g/mol. The fourth-order valence-electron chi connectivity index (χ4n) is 1.75. The van der Waals surface area contributed by atoms with E-state index in [1.807, 2.05) is 13.8 Å². The molecular formula is C11H20IN3O2S. The summed E-state index contributed by atoms with van der Waals surface area (Å²) in [5.74, 6) is 0.258. The van der Waals surface area contributed by atoms with E-state index in [0.29, 0.717) is 16.3 Å². The van der Waals surface area contributed by atoms with Crippen molar-refractivity contribution in [3.05, 3.63) is 11.4 Å². The molecule has 7 heteroatoms. The Labute approximate surface area is 123 Å². The minimum atomic E-state index is -3.50. The third-order valence-electron chi connectivity index (χ3n) is 2.99. The quantitative estimate of drug-likeness (QED) is 0.621. The van der Waals surface area contributed by atoms with Gasteiger partial charge < -0.3 is 0 Å². The van der Waals surface area contributed by atoms with Crippen LogP contribution in [0.5, 0.6) is 0 Å². The smallest absolute Gasteiger partial charge is 0.244 e. The topological polar surface area (TPSA) is 64.0 Å². The van der Waals surface area contributed by atoms with E-state index < -0.39 is 10.0 Å². The van der Waals surface area contributed by atoms with Crippen LogP contribution in [0.1, 0.15) is 25.2 Å². The molecule has 0 amide bonds. The molecule has 1 N–H and O–H groups in total. The van der Waals surface area contributed by atoms with E-state index in [1.54, 1.807) is 25.6 Å². The summed E-state index contributed by atoms with van der Waals surface area (Å²) in [6, 6.07) is -0.0605. The Morgan fingerprint density at radius 1 is 1.39 bits per heavy atom. The molecule has 1 rings (SSSR count). The molecule has 0 aliphatic carbocycles. The minimum Gasteiger partial charge on any atom is -0.271 e. The van der Waals surface area contributed by atoms with Crippen LogP contribution in [0.15, 0.2) is 4.90 Å². The summed E-state index contributed by atoms with van der Waals surface area (Å²) >= 11 is 2.20. The molecule has 1 unspecified atom stereocenters. The van der Waals surface area contributed by atoms with Gasteiger partial charge in [0, 0.05) is 17.5 Å². The van der Waals surface area contributed by atoms with Gasteiger partial charge in [-0.05, 0) is 19.8 Å². The van der Waals surface area contributed by atoms with Crippen LogP contribution in [-0.4, -0.2) is 28.7 Å². The average Bonchev–Trinajstić information content (AvgIpc) is 2.49. The number of nitrogens with one attached hydrogen (secondary N) is 1. The Balaban J connectivity index is 3.14. The van der Waals surface area contributed by atoms with E-state index in [1.165, 1.54) is 0 Å². The van der Waals surface area contributed by atoms with Crippen LogP contribution >= 0.6 is 22.6 Å². The highest BCUT2D eigenvalue weighted by molar-refractivity contribution is 14.1. The highest BCUT2D eigenvalue weighted by Crippen LogP contribution is 2.20. The molecule has 0 fully saturated rings. The lowest BCUT2D eigenvalue weighted by Gasteiger charge is -2.20. The number of aryl methyl sites for hydroxylation is 2. The molecule has 1 aromatic heterocycles. The summed E-state index contributed by atoms with van der Waals surface area (Å²) in [6.45, 7) is 7.50. The van der Waals surface area contributed by atoms with Crippen LogP contribution in [0.25, 0.3) is 0 Å². The van der Waals surface area contributed by atoms with Crippen molar-refractivity contribution in [3.8, 4) is 0 Å². The Morgan fingerprint density at radius 3 is 2.28 bits per heavy atom. The van der Waals surface area contributed by atoms with Crippen molar-refractivity contribution in [3.63, 3.8) is 0 Å². The second-order valence-electron chi connectivity index (χ2n) is 4.75. The molecule has 1 heterocycles. The zero-order valence-corrected chi connectivity index (χ0v) is 14.3. The van der Waals surface area contributed by atoms with Gasteiger partial charge in [0.15, 0.2) is 0 Å². The first-order chi connectivity index (χ1) is 8.20. The van der Waals surface area contributed by atoms with Crippen LogP contribution < -0.4 is 4.72 Å². The summed E-state index contributed by atoms with van der Waals surface area (Å²) in [7, 11) is -1.75. The summed E-state index contributed by atoms with van der Waals surface area (Å²) in [5, 5.41) is 4.15. The van der Waals surface area contributed by atoms with Crippen molar-refractivity contribution in [2.45, 2.75) is 38.6 Å². The maximum Gasteiger partial charge on any atom is 0.244 e. The minimum absolute atomic E-state index is 0.0605. The molecule has 0 aromatic carbocycles. The van der Waals surface area contributed by atoms with Gasteiger partial charge in [-0.3, -0.25) is 4.68 Å². The predicted molar refractivity (Wildman–Crippen MR) is 80.5 cm³/mol. The van der Waals surface area contributed by atoms with Gasteiger partial charge in [0.1, 0.15) is 4.90 Å². The van der Waals surface area contributed by atoms with E-state index in [9.17, 15) is 8.42 Å². The normalized spacial score (nSPS) is 14.2. The lowest BCUT2D eigenvalue weighted by atomic mass is 10.1. The number of aromatic nitrogens is 2. The lowest BCUT2D eigenvalue weighted by molar-refractivity contribution is 0.485. The molecule has 0 saturated carbocycles. The monoisotopic (exact) mass is 385 g/mol. The molecule has 0 bridgehead atoms. The zero-order chi connectivity index (χ0) is 14.1. The van der Waals surface area contributed by atoms with Crippen LogP contribution in [0.4, 0.5) is 0 Å². The second kappa shape index (κ2) is 5.87. The number of hydrogen-bond acceptors (Lipinski definition) is 3. The molecule has 0 radical (unpaired) electrons. The Morgan fingerprint density at radius 2 is 1.94 bits per heavy atom. The summed E-state index contributed by atoms with van der Waals surface area (Å²) < 4.78 is 29.9. The Hall–Kier alpha value is -0.150. The van der Waals surface area contributed by atoms with Crippen molar-refractivity contribution in [2.24, 2.45) is 13.0 Å². The molecule has 0 spiro atoms. The van der Waals surface area contributed by atoms with Crippen molar-refractivity contribution in [2.75, 3.05) is 4.43 Å². The second-order valence-corrected chi connectivity index (χ2v) is 7.28. The van der Waals surface area contributed by atoms with Gasteiger partial charge in [0.25, 0.3) is 0 Å². The Bertz CT molecular complexity index is 523. The maximum atomic E-state index is 12.4. The number of hydrogen-bond donors (Lipinski definition) is 1. The van der Waals surface area contributed by atoms with Crippen molar-refractivity contribution in [1.82, 2.24) is 14.5 Å². The SMILES string of the molecule is Cc1nn(C)c(C)c1S(=O)(=O)NC(CI)C(C)C. The van der Waals surface area contributed by atoms with E-state index in [4.69, 9.17) is 0 Å². The van der Waals surface area contributed by atoms with E-state index in [0.717, 1.165) is 4.43 Å². The van der Waals surface area contributed by atoms with Crippen molar-refractivity contribution in [1.29, 1.82) is 0 Å². The van der Waals surface area contributed by atoms with Crippen LogP contribution in [0, 0.1) is 19.8 Å². The number of alkyl halides is 1. The highest BCUT2D eigenvalue weighted by atomic mass is 127. The summed E-state index contributed by atoms with van der Waals surface area (Å²) in [4.78, 5) is 0.306. The summed E-state index contributed by atoms with van der Waals surface area (Å²) in [5.41, 5.74) is 1.20. The van der Waals surface area contributed by atoms with Gasteiger partial charge in [-0.15, -0.1) is 0 Å². The van der Waals surface area contributed by atoms with Crippen LogP contribution in [0.3, 0.4) is 0 Å². The van der Waals surface area contributed by atoms with Gasteiger partial charge in [-0.2, -0.15) is 5.10 Å². The number of halogens is 1. The highest BCUT2D eigenvalue weighted by Gasteiger charge is 2.27. The summed E-state index contributed by atoms with van der Waals surface area (Å²) in [6.07, 6.45) is 0. The van der Waals surface area contributed by atoms with E-state index in [-0.39, 0.29) is 12.0 Å². The molecule has 18 heavy (non-hydrogen) atoms. The molecule has 0 aliphatic rings. The first-order valence-corrected chi connectivity index (χ1v) is 8.80. The molecule has 0 aliphatic heterocycles. The number of rotatable bonds is 5. The van der Waals surface area contributed by atoms with Gasteiger partial charge >= 0.3 is 0 Å². The molecule has 0 saturated heterocycles. The van der Waals surface area contributed by atoms with Crippen molar-refractivity contribution >= 4 is 32.6 Å². The molecule has 5 nitrogen and oxygen atoms in total. The van der Waals surface area contributed by atoms with Crippen molar-refractivity contribution < 1.29 is 8.42 Å². The van der Waals surface area contributed by atoms with Gasteiger partial charge in [-0.1, -0.05) is 36.4 Å². The fourth-order valence-corrected chi connectivity index (χ4v) is 5.11. The molecule has 1 aromatic rings. The first kappa shape index (κ1) is 15.9. The van der Waals surface area contributed by atoms with Crippen LogP contribution in [0.2, 0.25) is 0 Å². The number of sulfonamides is 1. The molecule has 1 atom stereocenters. The van der Waals surface area contributed by atoms with Crippen LogP contribution in [-0.2, 0) is 17.1 Å². The van der Waals surface area contributed by atoms with E-state index in [2.05, 4.69) is 32.4 Å². The largest absolute Gasteiger partial charge is 0.271 e. The standard InChI is InChI=1S/C11H20IN3O2S/c1-7(2)10(6-12)14-18(16,17)11-8(3)13-15(5)9(11)4/h7,10,14H,6H2,1-5H3. The van der Waals surface area contributed by atoms with Gasteiger partial charge in [0.2, 0.25) is 10.0 Å². The molecular weight excluding hydrogens is 365 g/mol. The lowest BCUT2D eigenvalue weighted by Crippen LogP contribution is -2.40. The van der Waals surface area contributed by atoms with Gasteiger partial charge in [-0.25, -0.2) is 13.1 Å². The third-order valence-corrected chi connectivity index (χ3v) is 5.68. The number of nitrogens with zero attached hydrogens (tertiary/aromatic N) is 2. The predicted octanol–water partition coefficient (Wildman–Crippen LogP) is 1.77. The van der Waals surface area contributed by atoms with Gasteiger partial charge in [0.05, 0.1) is 11.4 Å². The molecule has 104 valence electrons. The first-order valence-electron chi connectivity index (χ1n) is 5.79. The maximum absolute atomic E-state index is 12.4. The Kier molecular flexibility index (Phi) is 5.19. The fraction of sp³-hybridized carbons (Fsp3) is 0.727. The zero-order valence-electron chi connectivity index (χ0n) is 11.4.